The molecule has 0 unspecified atom stereocenters. The highest BCUT2D eigenvalue weighted by atomic mass is 32.1. The molecule has 4 heterocycles. The number of ether oxygens (including phenoxy) is 1. The Labute approximate surface area is 294 Å². The lowest BCUT2D eigenvalue weighted by atomic mass is 9.85. The van der Waals surface area contributed by atoms with E-state index in [9.17, 15) is 24.3 Å². The fourth-order valence-corrected chi connectivity index (χ4v) is 6.80. The van der Waals surface area contributed by atoms with Crippen molar-refractivity contribution < 1.29 is 34.1 Å². The lowest BCUT2D eigenvalue weighted by Crippen LogP contribution is -2.59. The van der Waals surface area contributed by atoms with Gasteiger partial charge in [0, 0.05) is 45.7 Å². The molecule has 0 aliphatic carbocycles. The molecule has 0 spiro atoms. The van der Waals surface area contributed by atoms with Crippen LogP contribution in [0.4, 0.5) is 5.95 Å². The number of carboxylic acids is 1. The van der Waals surface area contributed by atoms with E-state index in [2.05, 4.69) is 25.6 Å². The molecule has 0 bridgehead atoms. The average Bonchev–Trinajstić information content (AvgIpc) is 3.70. The number of carbonyl (C=O) groups excluding carboxylic acids is 3. The molecule has 5 rings (SSSR count). The number of carboxylic acid groups (broad SMARTS) is 1. The maximum absolute atomic E-state index is 14.0. The minimum Gasteiger partial charge on any atom is -0.479 e. The van der Waals surface area contributed by atoms with Gasteiger partial charge >= 0.3 is 5.97 Å². The van der Waals surface area contributed by atoms with Gasteiger partial charge in [0.05, 0.1) is 41.1 Å². The van der Waals surface area contributed by atoms with E-state index in [4.69, 9.17) is 9.84 Å². The number of anilines is 1. The molecule has 2 aromatic heterocycles. The van der Waals surface area contributed by atoms with Crippen molar-refractivity contribution in [3.05, 3.63) is 53.4 Å². The Kier molecular flexibility index (Phi) is 11.6. The van der Waals surface area contributed by atoms with Crippen LogP contribution in [0.1, 0.15) is 38.4 Å². The maximum Gasteiger partial charge on any atom is 0.341 e. The molecule has 2 aliphatic heterocycles. The Hall–Kier alpha value is -4.67. The first-order valence-electron chi connectivity index (χ1n) is 16.5. The number of aromatic nitrogens is 3. The number of aliphatic hydroxyl groups excluding tert-OH is 1. The Bertz CT molecular complexity index is 1650. The normalized spacial score (nSPS) is 18.8. The van der Waals surface area contributed by atoms with Crippen molar-refractivity contribution in [2.24, 2.45) is 5.41 Å². The van der Waals surface area contributed by atoms with E-state index in [0.29, 0.717) is 32.1 Å². The predicted molar refractivity (Wildman–Crippen MR) is 185 cm³/mol. The summed E-state index contributed by atoms with van der Waals surface area (Å²) in [6.45, 7) is 9.60. The van der Waals surface area contributed by atoms with Crippen molar-refractivity contribution in [3.8, 4) is 16.2 Å². The van der Waals surface area contributed by atoms with Gasteiger partial charge in [-0.25, -0.2) is 19.7 Å². The van der Waals surface area contributed by atoms with Crippen molar-refractivity contribution in [3.63, 3.8) is 0 Å². The number of nitrogens with one attached hydrogen (secondary N) is 2. The molecule has 2 fully saturated rings. The van der Waals surface area contributed by atoms with Gasteiger partial charge in [-0.05, 0) is 23.5 Å². The molecule has 2 saturated heterocycles. The molecule has 0 radical (unpaired) electrons. The van der Waals surface area contributed by atoms with Crippen molar-refractivity contribution in [1.82, 2.24) is 35.4 Å². The van der Waals surface area contributed by atoms with Gasteiger partial charge in [0.1, 0.15) is 12.1 Å². The third-order valence-corrected chi connectivity index (χ3v) is 9.69. The van der Waals surface area contributed by atoms with Gasteiger partial charge in [-0.1, -0.05) is 45.0 Å². The van der Waals surface area contributed by atoms with E-state index < -0.39 is 42.1 Å². The van der Waals surface area contributed by atoms with Crippen LogP contribution >= 0.6 is 11.3 Å². The Balaban J connectivity index is 1.13. The van der Waals surface area contributed by atoms with Crippen LogP contribution in [-0.4, -0.2) is 123 Å². The SMILES string of the molecule is Cc1ncsc1-c1ccc(CNC(=O)[C@@H]2C[C@@H](O)CN2C(=O)[C@@H](NC(=O)CN2CCN(c3ncc(OCC(=O)O)cn3)CC2)C(C)(C)C)cc1. The number of amides is 3. The number of rotatable bonds is 12. The standard InChI is InChI=1S/C34H44N8O7S/c1-21-29(50-20-38-21)23-7-5-22(6-8-23)14-35-31(47)26-13-24(43)17-42(26)32(48)30(34(2,3)4)39-27(44)18-40-9-11-41(12-10-40)33-36-15-25(16-37-33)49-19-28(45)46/h5-8,15-16,20,24,26,30,43H,9-14,17-19H2,1-4H3,(H,35,47)(H,39,44)(H,45,46)/t24-,26+,30-/m1/s1. The van der Waals surface area contributed by atoms with E-state index in [1.54, 1.807) is 11.3 Å². The van der Waals surface area contributed by atoms with Gasteiger partial charge in [0.25, 0.3) is 0 Å². The third kappa shape index (κ3) is 9.31. The third-order valence-electron chi connectivity index (χ3n) is 8.71. The number of likely N-dealkylation sites (tertiary alicyclic amines) is 1. The molecule has 3 aromatic rings. The highest BCUT2D eigenvalue weighted by molar-refractivity contribution is 7.13. The molecule has 0 saturated carbocycles. The highest BCUT2D eigenvalue weighted by Crippen LogP contribution is 2.28. The van der Waals surface area contributed by atoms with Crippen molar-refractivity contribution in [2.45, 2.75) is 58.8 Å². The zero-order valence-electron chi connectivity index (χ0n) is 28.7. The first-order valence-corrected chi connectivity index (χ1v) is 17.4. The quantitative estimate of drug-likeness (QED) is 0.211. The summed E-state index contributed by atoms with van der Waals surface area (Å²) in [5, 5.41) is 25.1. The van der Waals surface area contributed by atoms with Gasteiger partial charge in [0.2, 0.25) is 23.7 Å². The Morgan fingerprint density at radius 3 is 2.32 bits per heavy atom. The molecule has 3 amide bonds. The molecule has 50 heavy (non-hydrogen) atoms. The summed E-state index contributed by atoms with van der Waals surface area (Å²) in [5.41, 5.74) is 4.05. The van der Waals surface area contributed by atoms with Crippen LogP contribution in [0.15, 0.2) is 42.2 Å². The molecule has 2 aliphatic rings. The van der Waals surface area contributed by atoms with Crippen molar-refractivity contribution in [2.75, 3.05) is 50.8 Å². The number of thiazole rings is 1. The minimum atomic E-state index is -1.09. The second kappa shape index (κ2) is 15.9. The van der Waals surface area contributed by atoms with Gasteiger partial charge < -0.3 is 35.4 Å². The number of carbonyl (C=O) groups is 4. The summed E-state index contributed by atoms with van der Waals surface area (Å²) < 4.78 is 5.09. The zero-order valence-corrected chi connectivity index (χ0v) is 29.5. The summed E-state index contributed by atoms with van der Waals surface area (Å²) >= 11 is 1.57. The molecular formula is C34H44N8O7S. The fourth-order valence-electron chi connectivity index (χ4n) is 5.99. The molecule has 15 nitrogen and oxygen atoms in total. The number of hydrogen-bond acceptors (Lipinski definition) is 12. The summed E-state index contributed by atoms with van der Waals surface area (Å²) in [7, 11) is 0. The number of piperazine rings is 1. The van der Waals surface area contributed by atoms with Crippen LogP contribution in [0, 0.1) is 12.3 Å². The number of aryl methyl sites for hydroxylation is 1. The monoisotopic (exact) mass is 708 g/mol. The second-order valence-electron chi connectivity index (χ2n) is 13.6. The van der Waals surface area contributed by atoms with Gasteiger partial charge in [0.15, 0.2) is 12.4 Å². The fraction of sp³-hybridized carbons (Fsp3) is 0.500. The van der Waals surface area contributed by atoms with Gasteiger partial charge in [-0.2, -0.15) is 0 Å². The lowest BCUT2D eigenvalue weighted by molar-refractivity contribution is -0.144. The summed E-state index contributed by atoms with van der Waals surface area (Å²) in [6, 6.07) is 6.08. The Morgan fingerprint density at radius 1 is 1.04 bits per heavy atom. The number of benzene rings is 1. The van der Waals surface area contributed by atoms with Crippen LogP contribution in [0.5, 0.6) is 5.75 Å². The second-order valence-corrected chi connectivity index (χ2v) is 14.5. The van der Waals surface area contributed by atoms with E-state index in [0.717, 1.165) is 21.7 Å². The van der Waals surface area contributed by atoms with E-state index in [-0.39, 0.29) is 43.6 Å². The van der Waals surface area contributed by atoms with Crippen LogP contribution in [0.3, 0.4) is 0 Å². The number of β-amino-alcohol motifs (C(OH)–C–C–N with tert-alkyl or cyclic N) is 1. The molecule has 3 atom stereocenters. The molecule has 4 N–H and O–H groups in total. The van der Waals surface area contributed by atoms with Crippen LogP contribution in [0.25, 0.3) is 10.4 Å². The van der Waals surface area contributed by atoms with E-state index in [1.165, 1.54) is 17.3 Å². The number of aliphatic hydroxyl groups is 1. The van der Waals surface area contributed by atoms with Crippen LogP contribution in [0.2, 0.25) is 0 Å². The Morgan fingerprint density at radius 2 is 1.72 bits per heavy atom. The molecule has 1 aromatic carbocycles. The number of aliphatic carboxylic acids is 1. The van der Waals surface area contributed by atoms with Gasteiger partial charge in [-0.15, -0.1) is 11.3 Å². The summed E-state index contributed by atoms with van der Waals surface area (Å²) in [6.07, 6.45) is 2.10. The maximum atomic E-state index is 14.0. The highest BCUT2D eigenvalue weighted by Gasteiger charge is 2.44. The van der Waals surface area contributed by atoms with E-state index >= 15 is 0 Å². The first kappa shape index (κ1) is 36.6. The first-order chi connectivity index (χ1) is 23.8. The summed E-state index contributed by atoms with van der Waals surface area (Å²) in [4.78, 5) is 70.6. The van der Waals surface area contributed by atoms with Gasteiger partial charge in [-0.3, -0.25) is 19.3 Å². The van der Waals surface area contributed by atoms with E-state index in [1.807, 2.05) is 67.3 Å². The molecule has 16 heteroatoms. The lowest BCUT2D eigenvalue weighted by Gasteiger charge is -2.37. The largest absolute Gasteiger partial charge is 0.479 e. The smallest absolute Gasteiger partial charge is 0.341 e. The van der Waals surface area contributed by atoms with Crippen LogP contribution in [-0.2, 0) is 25.7 Å². The van der Waals surface area contributed by atoms with Crippen LogP contribution < -0.4 is 20.3 Å². The minimum absolute atomic E-state index is 0.00103. The number of hydrogen-bond donors (Lipinski definition) is 4. The van der Waals surface area contributed by atoms with Crippen molar-refractivity contribution >= 4 is 41.0 Å². The zero-order chi connectivity index (χ0) is 36.0. The van der Waals surface area contributed by atoms with Crippen molar-refractivity contribution in [1.29, 1.82) is 0 Å². The summed E-state index contributed by atoms with van der Waals surface area (Å²) in [5.74, 6) is -1.45. The average molecular weight is 709 g/mol. The topological polar surface area (TPSA) is 190 Å². The molecule has 268 valence electrons. The molecular weight excluding hydrogens is 664 g/mol. The predicted octanol–water partition coefficient (Wildman–Crippen LogP) is 1.30. The number of nitrogens with zero attached hydrogens (tertiary/aromatic N) is 6.